The summed E-state index contributed by atoms with van der Waals surface area (Å²) in [6, 6.07) is 0. The zero-order valence-electron chi connectivity index (χ0n) is 12.7. The maximum absolute atomic E-state index is 11.8. The number of carbonyl (C=O) groups excluding carboxylic acids is 3. The average molecular weight is 311 g/mol. The molecule has 0 radical (unpaired) electrons. The molecule has 0 aromatic carbocycles. The SMILES string of the molecule is C=CC(=O)OCCNC(=O)OC1C(C)CC2C(=O)OC1C2C. The molecule has 0 spiro atoms. The van der Waals surface area contributed by atoms with Crippen molar-refractivity contribution in [2.75, 3.05) is 13.2 Å². The Hall–Kier alpha value is -2.05. The summed E-state index contributed by atoms with van der Waals surface area (Å²) < 4.78 is 15.5. The molecule has 1 N–H and O–H groups in total. The Morgan fingerprint density at radius 3 is 2.86 bits per heavy atom. The van der Waals surface area contributed by atoms with Crippen LogP contribution in [0.15, 0.2) is 12.7 Å². The Morgan fingerprint density at radius 1 is 1.45 bits per heavy atom. The second kappa shape index (κ2) is 6.81. The van der Waals surface area contributed by atoms with E-state index in [0.717, 1.165) is 6.08 Å². The highest BCUT2D eigenvalue weighted by Crippen LogP contribution is 2.43. The van der Waals surface area contributed by atoms with Crippen LogP contribution in [0.5, 0.6) is 0 Å². The van der Waals surface area contributed by atoms with E-state index in [4.69, 9.17) is 14.2 Å². The summed E-state index contributed by atoms with van der Waals surface area (Å²) >= 11 is 0. The molecule has 0 aromatic rings. The van der Waals surface area contributed by atoms with E-state index >= 15 is 0 Å². The highest BCUT2D eigenvalue weighted by molar-refractivity contribution is 5.81. The minimum Gasteiger partial charge on any atom is -0.461 e. The van der Waals surface area contributed by atoms with E-state index in [-0.39, 0.29) is 43.0 Å². The van der Waals surface area contributed by atoms with Crippen molar-refractivity contribution < 1.29 is 28.6 Å². The Balaban J connectivity index is 1.79. The number of alkyl carbamates (subject to hydrolysis) is 1. The smallest absolute Gasteiger partial charge is 0.407 e. The summed E-state index contributed by atoms with van der Waals surface area (Å²) in [5.41, 5.74) is 0. The first-order valence-electron chi connectivity index (χ1n) is 7.38. The van der Waals surface area contributed by atoms with Gasteiger partial charge in [-0.1, -0.05) is 20.4 Å². The van der Waals surface area contributed by atoms with Crippen molar-refractivity contribution in [1.82, 2.24) is 5.32 Å². The van der Waals surface area contributed by atoms with Crippen molar-refractivity contribution in [3.8, 4) is 0 Å². The molecule has 5 atom stereocenters. The van der Waals surface area contributed by atoms with Gasteiger partial charge in [0, 0.05) is 12.0 Å². The molecular weight excluding hydrogens is 290 g/mol. The molecule has 1 saturated carbocycles. The zero-order chi connectivity index (χ0) is 16.3. The number of fused-ring (bicyclic) bond motifs is 2. The molecule has 2 aliphatic rings. The molecule has 1 aliphatic carbocycles. The minimum absolute atomic E-state index is 0.0388. The average Bonchev–Trinajstić information content (AvgIpc) is 2.68. The van der Waals surface area contributed by atoms with Crippen LogP contribution in [0.25, 0.3) is 0 Å². The van der Waals surface area contributed by atoms with E-state index in [2.05, 4.69) is 11.9 Å². The van der Waals surface area contributed by atoms with E-state index in [1.54, 1.807) is 0 Å². The highest BCUT2D eigenvalue weighted by Gasteiger charge is 2.53. The Bertz CT molecular complexity index is 477. The fourth-order valence-electron chi connectivity index (χ4n) is 3.02. The summed E-state index contributed by atoms with van der Waals surface area (Å²) in [6.45, 7) is 7.33. The van der Waals surface area contributed by atoms with Gasteiger partial charge in [-0.2, -0.15) is 0 Å². The van der Waals surface area contributed by atoms with Crippen molar-refractivity contribution in [3.63, 3.8) is 0 Å². The van der Waals surface area contributed by atoms with Gasteiger partial charge in [-0.25, -0.2) is 9.59 Å². The van der Waals surface area contributed by atoms with Crippen LogP contribution >= 0.6 is 0 Å². The molecule has 1 heterocycles. The molecule has 7 heteroatoms. The van der Waals surface area contributed by atoms with Crippen LogP contribution in [0.3, 0.4) is 0 Å². The van der Waals surface area contributed by atoms with Gasteiger partial charge in [-0.05, 0) is 12.3 Å². The Morgan fingerprint density at radius 2 is 2.18 bits per heavy atom. The molecule has 0 aromatic heterocycles. The summed E-state index contributed by atoms with van der Waals surface area (Å²) in [4.78, 5) is 34.3. The maximum atomic E-state index is 11.8. The minimum atomic E-state index is -0.611. The normalized spacial score (nSPS) is 32.8. The lowest BCUT2D eigenvalue weighted by Gasteiger charge is -2.35. The summed E-state index contributed by atoms with van der Waals surface area (Å²) in [7, 11) is 0. The van der Waals surface area contributed by atoms with Crippen LogP contribution in [0, 0.1) is 17.8 Å². The van der Waals surface area contributed by atoms with Gasteiger partial charge < -0.3 is 19.5 Å². The third-order valence-electron chi connectivity index (χ3n) is 4.24. The van der Waals surface area contributed by atoms with Gasteiger partial charge in [0.2, 0.25) is 0 Å². The van der Waals surface area contributed by atoms with Gasteiger partial charge >= 0.3 is 18.0 Å². The number of hydrogen-bond donors (Lipinski definition) is 1. The standard InChI is InChI=1S/C15H21NO6/c1-4-11(17)20-6-5-16-15(19)22-12-8(2)7-10-9(3)13(12)21-14(10)18/h4,8-10,12-13H,1,5-7H2,2-3H3,(H,16,19). The van der Waals surface area contributed by atoms with Crippen LogP contribution in [0.1, 0.15) is 20.3 Å². The van der Waals surface area contributed by atoms with Gasteiger partial charge in [-0.15, -0.1) is 0 Å². The first-order valence-corrected chi connectivity index (χ1v) is 7.38. The largest absolute Gasteiger partial charge is 0.461 e. The van der Waals surface area contributed by atoms with Crippen LogP contribution in [-0.4, -0.2) is 43.4 Å². The zero-order valence-corrected chi connectivity index (χ0v) is 12.7. The number of esters is 2. The van der Waals surface area contributed by atoms with Gasteiger partial charge in [0.05, 0.1) is 12.5 Å². The van der Waals surface area contributed by atoms with Crippen molar-refractivity contribution in [2.24, 2.45) is 17.8 Å². The molecule has 1 saturated heterocycles. The lowest BCUT2D eigenvalue weighted by molar-refractivity contribution is -0.146. The van der Waals surface area contributed by atoms with Crippen LogP contribution < -0.4 is 5.32 Å². The fourth-order valence-corrected chi connectivity index (χ4v) is 3.02. The van der Waals surface area contributed by atoms with Crippen LogP contribution in [0.2, 0.25) is 0 Å². The number of nitrogens with one attached hydrogen (secondary N) is 1. The molecular formula is C15H21NO6. The Labute approximate surface area is 129 Å². The molecule has 2 bridgehead atoms. The van der Waals surface area contributed by atoms with Crippen LogP contribution in [0.4, 0.5) is 4.79 Å². The van der Waals surface area contributed by atoms with E-state index < -0.39 is 18.2 Å². The molecule has 1 aliphatic heterocycles. The topological polar surface area (TPSA) is 90.9 Å². The fraction of sp³-hybridized carbons (Fsp3) is 0.667. The van der Waals surface area contributed by atoms with Gasteiger partial charge in [-0.3, -0.25) is 4.79 Å². The lowest BCUT2D eigenvalue weighted by atomic mass is 9.74. The van der Waals surface area contributed by atoms with Crippen molar-refractivity contribution in [2.45, 2.75) is 32.5 Å². The number of amides is 1. The van der Waals surface area contributed by atoms with E-state index in [9.17, 15) is 14.4 Å². The lowest BCUT2D eigenvalue weighted by Crippen LogP contribution is -2.46. The maximum Gasteiger partial charge on any atom is 0.407 e. The summed E-state index contributed by atoms with van der Waals surface area (Å²) in [6.07, 6.45) is 0.263. The molecule has 7 nitrogen and oxygen atoms in total. The molecule has 22 heavy (non-hydrogen) atoms. The van der Waals surface area contributed by atoms with E-state index in [1.165, 1.54) is 0 Å². The third kappa shape index (κ3) is 3.40. The molecule has 2 rings (SSSR count). The van der Waals surface area contributed by atoms with Gasteiger partial charge in [0.1, 0.15) is 18.8 Å². The summed E-state index contributed by atoms with van der Waals surface area (Å²) in [5.74, 6) is -0.737. The molecule has 5 unspecified atom stereocenters. The van der Waals surface area contributed by atoms with Crippen LogP contribution in [-0.2, 0) is 23.8 Å². The number of carbonyl (C=O) groups is 3. The Kier molecular flexibility index (Phi) is 5.05. The first-order chi connectivity index (χ1) is 10.4. The van der Waals surface area contributed by atoms with E-state index in [1.807, 2.05) is 13.8 Å². The van der Waals surface area contributed by atoms with E-state index in [0.29, 0.717) is 6.42 Å². The predicted octanol–water partition coefficient (Wildman–Crippen LogP) is 1.03. The number of rotatable bonds is 5. The van der Waals surface area contributed by atoms with Crippen molar-refractivity contribution in [1.29, 1.82) is 0 Å². The predicted molar refractivity (Wildman–Crippen MR) is 75.7 cm³/mol. The molecule has 1 amide bonds. The second-order valence-corrected chi connectivity index (χ2v) is 5.75. The van der Waals surface area contributed by atoms with Gasteiger partial charge in [0.25, 0.3) is 0 Å². The quantitative estimate of drug-likeness (QED) is 0.353. The molecule has 2 fully saturated rings. The number of ether oxygens (including phenoxy) is 3. The first kappa shape index (κ1) is 16.3. The highest BCUT2D eigenvalue weighted by atomic mass is 16.6. The monoisotopic (exact) mass is 311 g/mol. The third-order valence-corrected chi connectivity index (χ3v) is 4.24. The van der Waals surface area contributed by atoms with Gasteiger partial charge in [0.15, 0.2) is 0 Å². The van der Waals surface area contributed by atoms with Crippen molar-refractivity contribution in [3.05, 3.63) is 12.7 Å². The molecule has 122 valence electrons. The number of hydrogen-bond acceptors (Lipinski definition) is 6. The van der Waals surface area contributed by atoms with Crippen molar-refractivity contribution >= 4 is 18.0 Å². The second-order valence-electron chi connectivity index (χ2n) is 5.75. The summed E-state index contributed by atoms with van der Waals surface area (Å²) in [5, 5.41) is 2.50.